The molecule has 1 aliphatic rings. The van der Waals surface area contributed by atoms with Crippen molar-refractivity contribution in [2.45, 2.75) is 41.9 Å². The zero-order valence-electron chi connectivity index (χ0n) is 36.1. The number of fused-ring (bicyclic) bond motifs is 10. The van der Waals surface area contributed by atoms with Crippen LogP contribution in [0.3, 0.4) is 0 Å². The monoisotopic (exact) mass is 1030 g/mol. The Kier molecular flexibility index (Phi) is 16.0. The smallest absolute Gasteiger partial charge is 0.425 e. The number of aromatic nitrogens is 1. The van der Waals surface area contributed by atoms with Crippen LogP contribution in [0.1, 0.15) is 66.8 Å². The van der Waals surface area contributed by atoms with Gasteiger partial charge in [0.2, 0.25) is 5.69 Å². The Bertz CT molecular complexity index is 3600. The molecule has 10 bridgehead atoms. The van der Waals surface area contributed by atoms with Crippen molar-refractivity contribution in [3.8, 4) is 34.4 Å². The van der Waals surface area contributed by atoms with E-state index in [9.17, 15) is 51.5 Å². The number of phenolic OH excluding ortho intramolecular Hbond substituents is 5. The van der Waals surface area contributed by atoms with Crippen molar-refractivity contribution < 1.29 is 81.3 Å². The summed E-state index contributed by atoms with van der Waals surface area (Å²) in [5, 5.41) is 58.4. The molecule has 18 nitrogen and oxygen atoms in total. The molecule has 1 aliphatic carbocycles. The van der Waals surface area contributed by atoms with Crippen molar-refractivity contribution >= 4 is 53.6 Å². The average Bonchev–Trinajstić information content (AvgIpc) is 3.28. The van der Waals surface area contributed by atoms with E-state index in [4.69, 9.17) is 25.3 Å². The Morgan fingerprint density at radius 3 is 1.01 bits per heavy atom. The van der Waals surface area contributed by atoms with Crippen LogP contribution in [-0.4, -0.2) is 76.7 Å². The standard InChI is InChI=1S/C48H39NO11S2.2O3S/c50-44-31-6-4-8-33(44)21-35-18-30(13-12-29-14-16-49(17-15-29)41-10-2-1-3-11-41)19-36(46(35)52)23-38-26-43(62(58,59)60)28-40(48(38)54)24-39-27-42(61(55,56)57)25-37(47(39)53)22-34-9-5-7-32(20-31)45(34)51;2*1-4(2)3/h1-19,25-28H,20-24H2,(H6,50,51,53,54,55,56,57,58,59,60);;/p+1. The molecule has 0 atom stereocenters. The molecule has 0 fully saturated rings. The normalized spacial score (nSPS) is 12.4. The summed E-state index contributed by atoms with van der Waals surface area (Å²) in [6, 6.07) is 31.1. The van der Waals surface area contributed by atoms with Gasteiger partial charge in [0.15, 0.2) is 12.4 Å². The highest BCUT2D eigenvalue weighted by molar-refractivity contribution is 7.86. The minimum atomic E-state index is -4.92. The molecule has 70 heavy (non-hydrogen) atoms. The Hall–Kier alpha value is -7.73. The lowest BCUT2D eigenvalue weighted by Gasteiger charge is -2.18. The van der Waals surface area contributed by atoms with Crippen LogP contribution in [0.25, 0.3) is 17.8 Å². The molecule has 0 aliphatic heterocycles. The number of aromatic hydroxyl groups is 5. The van der Waals surface area contributed by atoms with E-state index < -0.39 is 69.2 Å². The van der Waals surface area contributed by atoms with Gasteiger partial charge < -0.3 is 25.5 Å². The first kappa shape index (κ1) is 51.7. The number of benzene rings is 6. The fraction of sp³-hybridized carbons (Fsp3) is 0.104. The third kappa shape index (κ3) is 13.1. The lowest BCUT2D eigenvalue weighted by Crippen LogP contribution is -2.28. The number of hydrogen-bond donors (Lipinski definition) is 7. The van der Waals surface area contributed by atoms with Crippen LogP contribution < -0.4 is 4.57 Å². The van der Waals surface area contributed by atoms with Crippen molar-refractivity contribution in [1.29, 1.82) is 0 Å². The van der Waals surface area contributed by atoms with E-state index in [0.29, 0.717) is 27.8 Å². The molecule has 362 valence electrons. The van der Waals surface area contributed by atoms with Gasteiger partial charge in [0.1, 0.15) is 28.7 Å². The Morgan fingerprint density at radius 1 is 0.386 bits per heavy atom. The summed E-state index contributed by atoms with van der Waals surface area (Å²) in [7, 11) is -16.0. The van der Waals surface area contributed by atoms with Gasteiger partial charge in [0.05, 0.1) is 9.79 Å². The Labute approximate surface area is 403 Å². The molecule has 0 radical (unpaired) electrons. The molecule has 7 N–H and O–H groups in total. The second-order valence-electron chi connectivity index (χ2n) is 15.7. The van der Waals surface area contributed by atoms with Gasteiger partial charge in [-0.2, -0.15) is 21.4 Å². The van der Waals surface area contributed by atoms with Crippen LogP contribution in [0.4, 0.5) is 0 Å². The van der Waals surface area contributed by atoms with Gasteiger partial charge in [-0.1, -0.05) is 66.7 Å². The molecule has 8 rings (SSSR count). The molecule has 22 heteroatoms. The first-order chi connectivity index (χ1) is 33.0. The zero-order chi connectivity index (χ0) is 51.1. The third-order valence-corrected chi connectivity index (χ3v) is 12.7. The molecule has 0 unspecified atom stereocenters. The van der Waals surface area contributed by atoms with E-state index in [1.54, 1.807) is 48.5 Å². The van der Waals surface area contributed by atoms with E-state index in [1.165, 1.54) is 0 Å². The van der Waals surface area contributed by atoms with Gasteiger partial charge in [-0.05, 0) is 80.9 Å². The van der Waals surface area contributed by atoms with E-state index in [0.717, 1.165) is 35.5 Å². The summed E-state index contributed by atoms with van der Waals surface area (Å²) in [6.07, 6.45) is 6.67. The topological polar surface area (TPSA) is 316 Å². The van der Waals surface area contributed by atoms with Crippen LogP contribution in [0.2, 0.25) is 0 Å². The predicted octanol–water partition coefficient (Wildman–Crippen LogP) is 5.41. The number of rotatable bonds is 5. The van der Waals surface area contributed by atoms with Crippen LogP contribution in [0.5, 0.6) is 28.7 Å². The average molecular weight is 1030 g/mol. The van der Waals surface area contributed by atoms with Crippen molar-refractivity contribution in [2.75, 3.05) is 0 Å². The fourth-order valence-corrected chi connectivity index (χ4v) is 9.01. The molecule has 7 aromatic rings. The van der Waals surface area contributed by atoms with E-state index in [2.05, 4.69) is 0 Å². The minimum Gasteiger partial charge on any atom is -0.507 e. The number of pyridine rings is 1. The summed E-state index contributed by atoms with van der Waals surface area (Å²) in [4.78, 5) is -1.23. The summed E-state index contributed by atoms with van der Waals surface area (Å²) < 4.78 is 123. The molecule has 0 saturated carbocycles. The van der Waals surface area contributed by atoms with Crippen molar-refractivity contribution in [3.05, 3.63) is 194 Å². The van der Waals surface area contributed by atoms with Gasteiger partial charge in [0, 0.05) is 78.6 Å². The maximum atomic E-state index is 12.7. The highest BCUT2D eigenvalue weighted by Crippen LogP contribution is 2.40. The Morgan fingerprint density at radius 2 is 0.671 bits per heavy atom. The predicted molar refractivity (Wildman–Crippen MR) is 250 cm³/mol. The Balaban J connectivity index is 0.000000934. The quantitative estimate of drug-likeness (QED) is 0.0836. The molecule has 0 spiro atoms. The second-order valence-corrected chi connectivity index (χ2v) is 19.3. The summed E-state index contributed by atoms with van der Waals surface area (Å²) in [6.45, 7) is 0. The maximum absolute atomic E-state index is 12.7. The molecule has 0 amide bonds. The number of phenols is 5. The molecule has 1 heterocycles. The van der Waals surface area contributed by atoms with Crippen LogP contribution in [0.15, 0.2) is 137 Å². The first-order valence-electron chi connectivity index (χ1n) is 20.4. The van der Waals surface area contributed by atoms with Crippen LogP contribution in [0, 0.1) is 0 Å². The number of nitrogens with zero attached hydrogens (tertiary/aromatic N) is 1. The number of hydrogen-bond acceptors (Lipinski definition) is 15. The fourth-order valence-electron chi connectivity index (χ4n) is 7.85. The van der Waals surface area contributed by atoms with E-state index in [-0.39, 0.29) is 76.3 Å². The van der Waals surface area contributed by atoms with E-state index >= 15 is 0 Å². The first-order valence-corrected chi connectivity index (χ1v) is 25.2. The summed E-state index contributed by atoms with van der Waals surface area (Å²) in [5.41, 5.74) is 4.30. The van der Waals surface area contributed by atoms with Gasteiger partial charge in [0.25, 0.3) is 20.2 Å². The number of para-hydroxylation sites is 3. The molecule has 6 aromatic carbocycles. The molecule has 0 saturated heterocycles. The zero-order valence-corrected chi connectivity index (χ0v) is 39.4. The van der Waals surface area contributed by atoms with Crippen molar-refractivity contribution in [3.63, 3.8) is 0 Å². The molecular weight excluding hydrogens is 991 g/mol. The van der Waals surface area contributed by atoms with Gasteiger partial charge in [-0.15, -0.1) is 25.3 Å². The summed E-state index contributed by atoms with van der Waals surface area (Å²) in [5.74, 6) is -1.43. The van der Waals surface area contributed by atoms with Crippen LogP contribution >= 0.6 is 0 Å². The van der Waals surface area contributed by atoms with Gasteiger partial charge in [-0.25, -0.2) is 0 Å². The van der Waals surface area contributed by atoms with E-state index in [1.807, 2.05) is 71.6 Å². The van der Waals surface area contributed by atoms with Crippen molar-refractivity contribution in [2.24, 2.45) is 0 Å². The highest BCUT2D eigenvalue weighted by Gasteiger charge is 2.24. The van der Waals surface area contributed by atoms with Gasteiger partial charge >= 0.3 is 21.2 Å². The highest BCUT2D eigenvalue weighted by atomic mass is 32.2. The summed E-state index contributed by atoms with van der Waals surface area (Å²) >= 11 is 0. The SMILES string of the molecule is O=S(=O)(O)c1cc2c(O)c(c1)Cc1cc(S(=O)(=O)O)cc(c1O)Cc1cc(/C=C/c3cc[n+](-c4ccccc4)cc3)cc(c1O)Cc1cccc(c1O)Cc1cccc(c1O)C2.O=S(=O)=O.O=S(=O)=O. The van der Waals surface area contributed by atoms with Gasteiger partial charge in [-0.3, -0.25) is 9.11 Å². The minimum absolute atomic E-state index is 0.0271. The molecule has 1 aromatic heterocycles. The van der Waals surface area contributed by atoms with Crippen LogP contribution in [-0.2, 0) is 73.6 Å². The lowest BCUT2D eigenvalue weighted by atomic mass is 9.90. The third-order valence-electron chi connectivity index (χ3n) is 11.1. The van der Waals surface area contributed by atoms with Crippen molar-refractivity contribution in [1.82, 2.24) is 0 Å². The lowest BCUT2D eigenvalue weighted by molar-refractivity contribution is -0.595. The molecular formula is C48H40NO17S4+. The maximum Gasteiger partial charge on any atom is 0.425 e. The second kappa shape index (κ2) is 21.7. The largest absolute Gasteiger partial charge is 0.507 e.